The first-order valence-electron chi connectivity index (χ1n) is 0.894. The Morgan fingerprint density at radius 2 is 0.875 bits per heavy atom. The summed E-state index contributed by atoms with van der Waals surface area (Å²) < 4.78 is 0. The molecule has 0 saturated heterocycles. The van der Waals surface area contributed by atoms with Crippen molar-refractivity contribution >= 4 is 45.8 Å². The Balaban J connectivity index is -0.0000000267. The van der Waals surface area contributed by atoms with Gasteiger partial charge in [0.25, 0.3) is 0 Å². The van der Waals surface area contributed by atoms with Gasteiger partial charge in [0.1, 0.15) is 0 Å². The van der Waals surface area contributed by atoms with Crippen LogP contribution in [0.1, 0.15) is 0 Å². The van der Waals surface area contributed by atoms with Crippen LogP contribution >= 0.6 is 0 Å². The monoisotopic (exact) mass is 169 g/mol. The molecular weight excluding hydrogens is 158 g/mol. The molecule has 0 aromatic heterocycles. The lowest BCUT2D eigenvalue weighted by molar-refractivity contribution is 0.117. The van der Waals surface area contributed by atoms with E-state index >= 15 is 0 Å². The lowest BCUT2D eigenvalue weighted by atomic mass is 10.8. The van der Waals surface area contributed by atoms with Gasteiger partial charge in [0.15, 0.2) is 17.4 Å². The minimum absolute atomic E-state index is 0. The molecule has 0 bridgehead atoms. The Hall–Kier alpha value is 0.871. The minimum atomic E-state index is -4.61. The number of rotatable bonds is 0. The fourth-order valence-corrected chi connectivity index (χ4v) is 0. The molecule has 0 aliphatic heterocycles. The lowest BCUT2D eigenvalue weighted by Crippen LogP contribution is -2.33. The average Bonchev–Trinajstić information content (AvgIpc) is 0.722. The molecule has 0 atom stereocenters. The van der Waals surface area contributed by atoms with Crippen LogP contribution in [0.4, 0.5) is 0 Å². The van der Waals surface area contributed by atoms with Crippen LogP contribution in [-0.4, -0.2) is 65.0 Å². The van der Waals surface area contributed by atoms with Crippen molar-refractivity contribution in [2.75, 3.05) is 0 Å². The van der Waals surface area contributed by atoms with Crippen molar-refractivity contribution in [3.05, 3.63) is 0 Å². The van der Waals surface area contributed by atoms with Gasteiger partial charge in [-0.1, -0.05) is 0 Å². The predicted molar refractivity (Wildman–Crippen MR) is 41.7 cm³/mol. The zero-order valence-electron chi connectivity index (χ0n) is 2.87. The van der Waals surface area contributed by atoms with Crippen molar-refractivity contribution in [3.8, 4) is 0 Å². The van der Waals surface area contributed by atoms with E-state index < -0.39 is 9.05 Å². The molecule has 3 radical (unpaired) electrons. The first kappa shape index (κ1) is 23.2. The molecule has 49 valence electrons. The van der Waals surface area contributed by atoms with E-state index in [0.717, 1.165) is 0 Å². The van der Waals surface area contributed by atoms with Crippen LogP contribution in [0.5, 0.6) is 0 Å². The molecule has 0 aromatic carbocycles. The van der Waals surface area contributed by atoms with Crippen LogP contribution in [0, 0.1) is 0 Å². The van der Waals surface area contributed by atoms with Gasteiger partial charge < -0.3 is 19.2 Å². The normalized spacial score (nSPS) is 7.50. The molecule has 8 heteroatoms. The molecule has 0 aliphatic carbocycles. The molecule has 4 nitrogen and oxygen atoms in total. The third-order valence-corrected chi connectivity index (χ3v) is 0. The smallest absolute Gasteiger partial charge is 0.368 e. The van der Waals surface area contributed by atoms with Gasteiger partial charge >= 0.3 is 9.05 Å². The highest BCUT2D eigenvalue weighted by Crippen LogP contribution is 1.67. The van der Waals surface area contributed by atoms with Crippen molar-refractivity contribution in [1.82, 2.24) is 0 Å². The third kappa shape index (κ3) is 312. The summed E-state index contributed by atoms with van der Waals surface area (Å²) in [4.78, 5) is 29.3. The highest BCUT2D eigenvalue weighted by Gasteiger charge is 2.22. The molecule has 8 heavy (non-hydrogen) atoms. The van der Waals surface area contributed by atoms with E-state index in [9.17, 15) is 0 Å². The predicted octanol–water partition coefficient (Wildman–Crippen LogP) is -5.63. The van der Waals surface area contributed by atoms with Gasteiger partial charge in [-0.2, -0.15) is 0 Å². The Kier molecular flexibility index (Phi) is 22.8. The summed E-state index contributed by atoms with van der Waals surface area (Å²) in [6, 6.07) is 0. The maximum atomic E-state index is 7.33. The molecule has 4 N–H and O–H groups in total. The van der Waals surface area contributed by atoms with Crippen molar-refractivity contribution < 1.29 is 19.2 Å². The first-order chi connectivity index (χ1) is 2.00. The van der Waals surface area contributed by atoms with E-state index in [-0.39, 0.29) is 36.7 Å². The van der Waals surface area contributed by atoms with Gasteiger partial charge in [0.2, 0.25) is 0 Å². The highest BCUT2D eigenvalue weighted by molar-refractivity contribution is 6.46. The zero-order chi connectivity index (χ0) is 4.50. The molecule has 0 saturated carbocycles. The van der Waals surface area contributed by atoms with Gasteiger partial charge in [-0.15, -0.1) is 0 Å². The third-order valence-electron chi connectivity index (χ3n) is 0. The Bertz CT molecular complexity index is 29.5. The van der Waals surface area contributed by atoms with Crippen molar-refractivity contribution in [1.29, 1.82) is 0 Å². The van der Waals surface area contributed by atoms with Crippen LogP contribution in [0.2, 0.25) is 0 Å². The second-order valence-corrected chi connectivity index (χ2v) is 1.80. The quantitative estimate of drug-likeness (QED) is 0.272. The maximum absolute atomic E-state index is 7.33. The Morgan fingerprint density at radius 1 is 0.875 bits per heavy atom. The summed E-state index contributed by atoms with van der Waals surface area (Å²) in [5.41, 5.74) is 0. The molecule has 0 spiro atoms. The fraction of sp³-hybridized carbons (Fsp3) is 0. The van der Waals surface area contributed by atoms with E-state index in [0.29, 0.717) is 0 Å². The second kappa shape index (κ2) is 7.87. The summed E-state index contributed by atoms with van der Waals surface area (Å²) >= 11 is 0. The SMILES string of the molecule is O[Si](O)(O)O.[AlH3].[B].[SiH4]. The topological polar surface area (TPSA) is 80.9 Å². The van der Waals surface area contributed by atoms with E-state index in [2.05, 4.69) is 0 Å². The van der Waals surface area contributed by atoms with E-state index in [1.54, 1.807) is 0 Å². The number of hydrogen-bond acceptors (Lipinski definition) is 4. The standard InChI is InChI=1S/Al.B.H4O4Si.H4Si.3H/c;;1-5(2,3)4;;;;/h;;1-4H;1H4;;;. The summed E-state index contributed by atoms with van der Waals surface area (Å²) in [7, 11) is -4.61. The van der Waals surface area contributed by atoms with Gasteiger partial charge in [0, 0.05) is 8.41 Å². The van der Waals surface area contributed by atoms with Crippen molar-refractivity contribution in [2.24, 2.45) is 0 Å². The molecule has 0 heterocycles. The second-order valence-electron chi connectivity index (χ2n) is 0.600. The van der Waals surface area contributed by atoms with Crippen LogP contribution in [0.15, 0.2) is 0 Å². The molecule has 0 aromatic rings. The summed E-state index contributed by atoms with van der Waals surface area (Å²) in [6.45, 7) is 0. The van der Waals surface area contributed by atoms with Gasteiger partial charge in [0.05, 0.1) is 0 Å². The van der Waals surface area contributed by atoms with Crippen LogP contribution in [-0.2, 0) is 0 Å². The largest absolute Gasteiger partial charge is 0.668 e. The zero-order valence-corrected chi connectivity index (χ0v) is 3.87. The summed E-state index contributed by atoms with van der Waals surface area (Å²) in [5.74, 6) is 0. The Morgan fingerprint density at radius 3 is 0.875 bits per heavy atom. The molecular formula is H11AlBO4Si2. The van der Waals surface area contributed by atoms with Crippen LogP contribution in [0.25, 0.3) is 0 Å². The van der Waals surface area contributed by atoms with Gasteiger partial charge in [-0.05, 0) is 11.0 Å². The van der Waals surface area contributed by atoms with Crippen molar-refractivity contribution in [2.45, 2.75) is 0 Å². The molecule has 0 rings (SSSR count). The molecule has 0 aliphatic rings. The van der Waals surface area contributed by atoms with E-state index in [4.69, 9.17) is 19.2 Å². The van der Waals surface area contributed by atoms with Crippen LogP contribution in [0.3, 0.4) is 0 Å². The number of hydrogen-bond donors (Lipinski definition) is 4. The molecule has 0 fully saturated rings. The fourth-order valence-electron chi connectivity index (χ4n) is 0. The summed E-state index contributed by atoms with van der Waals surface area (Å²) in [5, 5.41) is 0. The van der Waals surface area contributed by atoms with E-state index in [1.807, 2.05) is 0 Å². The van der Waals surface area contributed by atoms with E-state index in [1.165, 1.54) is 0 Å². The van der Waals surface area contributed by atoms with Crippen molar-refractivity contribution in [3.63, 3.8) is 0 Å². The highest BCUT2D eigenvalue weighted by atomic mass is 28.4. The molecule has 0 amide bonds. The summed E-state index contributed by atoms with van der Waals surface area (Å²) in [6.07, 6.45) is 0. The van der Waals surface area contributed by atoms with Gasteiger partial charge in [-0.3, -0.25) is 0 Å². The first-order valence-corrected chi connectivity index (χ1v) is 2.68. The average molecular weight is 169 g/mol. The maximum Gasteiger partial charge on any atom is 0.668 e. The van der Waals surface area contributed by atoms with Gasteiger partial charge in [-0.25, -0.2) is 0 Å². The Labute approximate surface area is 65.4 Å². The van der Waals surface area contributed by atoms with Crippen LogP contribution < -0.4 is 0 Å². The lowest BCUT2D eigenvalue weighted by Gasteiger charge is -1.91. The minimum Gasteiger partial charge on any atom is -0.368 e. The molecule has 0 unspecified atom stereocenters.